The summed E-state index contributed by atoms with van der Waals surface area (Å²) < 4.78 is 37.7. The molecule has 0 radical (unpaired) electrons. The number of nitrogens with zero attached hydrogens (tertiary/aromatic N) is 2. The Kier molecular flexibility index (Phi) is 3.61. The number of carboxylic acids is 1. The molecular formula is C8H5F3N2O4. The smallest absolute Gasteiger partial charge is 0.309 e. The zero-order valence-electron chi connectivity index (χ0n) is 8.06. The third-order valence-electron chi connectivity index (χ3n) is 1.80. The Bertz CT molecular complexity index is 478. The number of hydrogen-bond donors (Lipinski definition) is 1. The fourth-order valence-corrected chi connectivity index (χ4v) is 1.22. The highest BCUT2D eigenvalue weighted by Crippen LogP contribution is 2.31. The van der Waals surface area contributed by atoms with Gasteiger partial charge in [0.1, 0.15) is 11.3 Å². The van der Waals surface area contributed by atoms with Crippen LogP contribution < -0.4 is 0 Å². The maximum atomic E-state index is 12.8. The van der Waals surface area contributed by atoms with E-state index < -0.39 is 46.6 Å². The van der Waals surface area contributed by atoms with Gasteiger partial charge in [0, 0.05) is 6.07 Å². The van der Waals surface area contributed by atoms with Crippen LogP contribution in [0.4, 0.5) is 18.9 Å². The van der Waals surface area contributed by atoms with Crippen LogP contribution in [0.5, 0.6) is 0 Å². The Morgan fingerprint density at radius 3 is 2.59 bits per heavy atom. The minimum absolute atomic E-state index is 0.216. The first-order valence-corrected chi connectivity index (χ1v) is 4.16. The maximum absolute atomic E-state index is 12.8. The first-order valence-electron chi connectivity index (χ1n) is 4.16. The van der Waals surface area contributed by atoms with Crippen molar-refractivity contribution in [2.75, 3.05) is 0 Å². The lowest BCUT2D eigenvalue weighted by atomic mass is 10.1. The molecule has 1 rings (SSSR count). The average molecular weight is 250 g/mol. The number of aliphatic carboxylic acids is 1. The van der Waals surface area contributed by atoms with Gasteiger partial charge in [-0.1, -0.05) is 0 Å². The molecule has 1 heterocycles. The highest BCUT2D eigenvalue weighted by Gasteiger charge is 2.29. The standard InChI is InChI=1S/C8H5F3N2O4/c9-5-1-3(8(10)11)7(13(16)17)4(12-5)2-6(14)15/h1,8H,2H2,(H,14,15). The highest BCUT2D eigenvalue weighted by atomic mass is 19.3. The Hall–Kier alpha value is -2.19. The Morgan fingerprint density at radius 1 is 1.59 bits per heavy atom. The molecule has 0 aromatic carbocycles. The molecule has 0 unspecified atom stereocenters. The molecule has 0 saturated carbocycles. The van der Waals surface area contributed by atoms with Crippen LogP contribution in [0.25, 0.3) is 0 Å². The zero-order valence-corrected chi connectivity index (χ0v) is 8.06. The van der Waals surface area contributed by atoms with Crippen molar-refractivity contribution in [3.8, 4) is 0 Å². The van der Waals surface area contributed by atoms with Gasteiger partial charge >= 0.3 is 5.97 Å². The molecule has 0 atom stereocenters. The van der Waals surface area contributed by atoms with Gasteiger partial charge in [0.25, 0.3) is 12.1 Å². The number of carboxylic acid groups (broad SMARTS) is 1. The van der Waals surface area contributed by atoms with E-state index in [0.29, 0.717) is 0 Å². The van der Waals surface area contributed by atoms with Crippen molar-refractivity contribution in [3.05, 3.63) is 33.4 Å². The zero-order chi connectivity index (χ0) is 13.2. The van der Waals surface area contributed by atoms with Crippen molar-refractivity contribution in [2.24, 2.45) is 0 Å². The summed E-state index contributed by atoms with van der Waals surface area (Å²) >= 11 is 0. The summed E-state index contributed by atoms with van der Waals surface area (Å²) in [4.78, 5) is 22.7. The summed E-state index contributed by atoms with van der Waals surface area (Å²) in [6.45, 7) is 0. The number of pyridine rings is 1. The second-order valence-corrected chi connectivity index (χ2v) is 2.96. The van der Waals surface area contributed by atoms with Crippen LogP contribution in [0.15, 0.2) is 6.07 Å². The number of halogens is 3. The SMILES string of the molecule is O=C(O)Cc1nc(F)cc(C(F)F)c1[N+](=O)[O-]. The summed E-state index contributed by atoms with van der Waals surface area (Å²) in [5.74, 6) is -2.92. The number of hydrogen-bond acceptors (Lipinski definition) is 4. The molecule has 17 heavy (non-hydrogen) atoms. The van der Waals surface area contributed by atoms with Crippen LogP contribution in [0, 0.1) is 16.1 Å². The third-order valence-corrected chi connectivity index (χ3v) is 1.80. The van der Waals surface area contributed by atoms with Gasteiger partial charge in [-0.2, -0.15) is 4.39 Å². The lowest BCUT2D eigenvalue weighted by molar-refractivity contribution is -0.387. The van der Waals surface area contributed by atoms with Crippen molar-refractivity contribution in [3.63, 3.8) is 0 Å². The van der Waals surface area contributed by atoms with Crippen LogP contribution in [0.1, 0.15) is 17.7 Å². The van der Waals surface area contributed by atoms with Gasteiger partial charge in [0.05, 0.1) is 11.3 Å². The molecule has 0 amide bonds. The third kappa shape index (κ3) is 2.89. The predicted octanol–water partition coefficient (Wildman–Crippen LogP) is 1.69. The number of rotatable bonds is 4. The molecule has 1 aromatic heterocycles. The average Bonchev–Trinajstić information content (AvgIpc) is 2.14. The summed E-state index contributed by atoms with van der Waals surface area (Å²) in [6, 6.07) is 0.216. The lowest BCUT2D eigenvalue weighted by Crippen LogP contribution is -2.10. The van der Waals surface area contributed by atoms with E-state index in [0.717, 1.165) is 0 Å². The minimum Gasteiger partial charge on any atom is -0.481 e. The van der Waals surface area contributed by atoms with E-state index in [1.165, 1.54) is 0 Å². The van der Waals surface area contributed by atoms with E-state index in [1.807, 2.05) is 0 Å². The highest BCUT2D eigenvalue weighted by molar-refractivity contribution is 5.71. The molecule has 0 aliphatic rings. The molecule has 92 valence electrons. The van der Waals surface area contributed by atoms with E-state index in [1.54, 1.807) is 0 Å². The van der Waals surface area contributed by atoms with Gasteiger partial charge in [0.15, 0.2) is 0 Å². The fourth-order valence-electron chi connectivity index (χ4n) is 1.22. The van der Waals surface area contributed by atoms with Gasteiger partial charge in [-0.15, -0.1) is 0 Å². The van der Waals surface area contributed by atoms with E-state index in [4.69, 9.17) is 5.11 Å². The first-order chi connectivity index (χ1) is 7.82. The summed E-state index contributed by atoms with van der Waals surface area (Å²) in [7, 11) is 0. The molecule has 0 spiro atoms. The largest absolute Gasteiger partial charge is 0.481 e. The molecule has 0 aliphatic heterocycles. The fraction of sp³-hybridized carbons (Fsp3) is 0.250. The van der Waals surface area contributed by atoms with Crippen molar-refractivity contribution in [1.29, 1.82) is 0 Å². The normalized spacial score (nSPS) is 10.6. The molecule has 6 nitrogen and oxygen atoms in total. The number of alkyl halides is 2. The van der Waals surface area contributed by atoms with Gasteiger partial charge in [0.2, 0.25) is 5.95 Å². The van der Waals surface area contributed by atoms with E-state index in [9.17, 15) is 28.1 Å². The van der Waals surface area contributed by atoms with E-state index in [2.05, 4.69) is 4.98 Å². The van der Waals surface area contributed by atoms with Crippen LogP contribution in [0.3, 0.4) is 0 Å². The van der Waals surface area contributed by atoms with Gasteiger partial charge in [-0.25, -0.2) is 13.8 Å². The quantitative estimate of drug-likeness (QED) is 0.498. The Morgan fingerprint density at radius 2 is 2.18 bits per heavy atom. The maximum Gasteiger partial charge on any atom is 0.309 e. The monoisotopic (exact) mass is 250 g/mol. The predicted molar refractivity (Wildman–Crippen MR) is 47.1 cm³/mol. The lowest BCUT2D eigenvalue weighted by Gasteiger charge is -2.05. The van der Waals surface area contributed by atoms with Gasteiger partial charge in [-0.05, 0) is 0 Å². The van der Waals surface area contributed by atoms with Crippen LogP contribution >= 0.6 is 0 Å². The first kappa shape index (κ1) is 12.9. The molecule has 0 saturated heterocycles. The van der Waals surface area contributed by atoms with Crippen molar-refractivity contribution >= 4 is 11.7 Å². The summed E-state index contributed by atoms with van der Waals surface area (Å²) in [5.41, 5.74) is -3.18. The molecule has 9 heteroatoms. The van der Waals surface area contributed by atoms with Crippen molar-refractivity contribution in [1.82, 2.24) is 4.98 Å². The number of aromatic nitrogens is 1. The Balaban J connectivity index is 3.45. The van der Waals surface area contributed by atoms with Crippen molar-refractivity contribution in [2.45, 2.75) is 12.8 Å². The Labute approximate surface area is 91.9 Å². The number of carbonyl (C=O) groups is 1. The molecule has 0 bridgehead atoms. The second kappa shape index (κ2) is 4.76. The summed E-state index contributed by atoms with van der Waals surface area (Å²) in [5, 5.41) is 19.0. The van der Waals surface area contributed by atoms with Crippen LogP contribution in [-0.4, -0.2) is 21.0 Å². The van der Waals surface area contributed by atoms with Gasteiger partial charge in [-0.3, -0.25) is 14.9 Å². The van der Waals surface area contributed by atoms with Crippen LogP contribution in [0.2, 0.25) is 0 Å². The van der Waals surface area contributed by atoms with E-state index >= 15 is 0 Å². The molecule has 0 fully saturated rings. The second-order valence-electron chi connectivity index (χ2n) is 2.96. The molecular weight excluding hydrogens is 245 g/mol. The molecule has 1 N–H and O–H groups in total. The van der Waals surface area contributed by atoms with E-state index in [-0.39, 0.29) is 6.07 Å². The number of nitro groups is 1. The minimum atomic E-state index is -3.29. The van der Waals surface area contributed by atoms with Crippen molar-refractivity contribution < 1.29 is 28.0 Å². The summed E-state index contributed by atoms with van der Waals surface area (Å²) in [6.07, 6.45) is -4.30. The topological polar surface area (TPSA) is 93.3 Å². The van der Waals surface area contributed by atoms with Crippen LogP contribution in [-0.2, 0) is 11.2 Å². The van der Waals surface area contributed by atoms with Gasteiger partial charge < -0.3 is 5.11 Å². The molecule has 1 aromatic rings. The molecule has 0 aliphatic carbocycles.